The van der Waals surface area contributed by atoms with Gasteiger partial charge in [-0.25, -0.2) is 0 Å². The summed E-state index contributed by atoms with van der Waals surface area (Å²) >= 11 is 2.02. The zero-order chi connectivity index (χ0) is 14.3. The van der Waals surface area contributed by atoms with Crippen molar-refractivity contribution in [1.82, 2.24) is 0 Å². The molecule has 0 saturated carbocycles. The van der Waals surface area contributed by atoms with E-state index in [0.29, 0.717) is 0 Å². The Bertz CT molecular complexity index is 218. The maximum atomic E-state index is 10.6. The molecule has 0 radical (unpaired) electrons. The second-order valence-electron chi connectivity index (χ2n) is 5.48. The van der Waals surface area contributed by atoms with Crippen LogP contribution in [0.15, 0.2) is 0 Å². The number of carboxylic acid groups (broad SMARTS) is 1. The minimum absolute atomic E-state index is 0. The largest absolute Gasteiger partial charge is 1.00 e. The van der Waals surface area contributed by atoms with Crippen molar-refractivity contribution in [2.45, 2.75) is 94.3 Å². The predicted molar refractivity (Wildman–Crippen MR) is 92.3 cm³/mol. The third-order valence-electron chi connectivity index (χ3n) is 3.58. The zero-order valence-corrected chi connectivity index (χ0v) is 18.8. The Kier molecular flexibility index (Phi) is 22.7. The zero-order valence-electron chi connectivity index (χ0n) is 14.5. The summed E-state index contributed by atoms with van der Waals surface area (Å²) < 4.78 is -0.194. The van der Waals surface area contributed by atoms with Crippen LogP contribution in [0.1, 0.15) is 91.8 Å². The molecule has 20 heavy (non-hydrogen) atoms. The van der Waals surface area contributed by atoms with Crippen LogP contribution in [0.2, 0.25) is 0 Å². The molecule has 116 valence electrons. The first-order chi connectivity index (χ1) is 9.18. The van der Waals surface area contributed by atoms with Crippen LogP contribution in [0, 0.1) is 0 Å². The summed E-state index contributed by atoms with van der Waals surface area (Å²) in [7, 11) is 0. The second kappa shape index (κ2) is 18.9. The molecule has 2 nitrogen and oxygen atoms in total. The van der Waals surface area contributed by atoms with Gasteiger partial charge in [-0.05, 0) is 6.42 Å². The Morgan fingerprint density at radius 2 is 1.25 bits per heavy atom. The molecule has 0 amide bonds. The Morgan fingerprint density at radius 3 is 1.60 bits per heavy atom. The number of rotatable bonds is 14. The fourth-order valence-corrected chi connectivity index (χ4v) is 2.73. The molecule has 0 rings (SSSR count). The summed E-state index contributed by atoms with van der Waals surface area (Å²) in [4.78, 5) is 10.6. The van der Waals surface area contributed by atoms with E-state index < -0.39 is 5.97 Å². The SMILES string of the molecule is CCCCCCCCCCCCCCC(I)C(=O)O.[H-].[K+]. The van der Waals surface area contributed by atoms with E-state index >= 15 is 0 Å². The van der Waals surface area contributed by atoms with Gasteiger partial charge in [0.2, 0.25) is 0 Å². The molecule has 0 bridgehead atoms. The Labute approximate surface area is 183 Å². The predicted octanol–water partition coefficient (Wildman–Crippen LogP) is 3.08. The van der Waals surface area contributed by atoms with Crippen molar-refractivity contribution >= 4 is 28.6 Å². The molecule has 0 aliphatic rings. The molecular weight excluding hydrogens is 390 g/mol. The molecule has 0 spiro atoms. The number of hydrogen-bond donors (Lipinski definition) is 1. The van der Waals surface area contributed by atoms with Crippen LogP contribution in [0.4, 0.5) is 0 Å². The van der Waals surface area contributed by atoms with E-state index in [-0.39, 0.29) is 56.7 Å². The molecule has 1 unspecified atom stereocenters. The third-order valence-corrected chi connectivity index (χ3v) is 4.73. The Balaban J connectivity index is -0.00000162. The van der Waals surface area contributed by atoms with Gasteiger partial charge in [0.15, 0.2) is 0 Å². The first kappa shape index (κ1) is 24.1. The van der Waals surface area contributed by atoms with Gasteiger partial charge in [0.25, 0.3) is 0 Å². The van der Waals surface area contributed by atoms with Crippen LogP contribution in [-0.2, 0) is 4.79 Å². The first-order valence-corrected chi connectivity index (χ1v) is 9.30. The average Bonchev–Trinajstić information content (AvgIpc) is 2.39. The monoisotopic (exact) mass is 422 g/mol. The minimum atomic E-state index is -0.663. The van der Waals surface area contributed by atoms with E-state index in [4.69, 9.17) is 5.11 Å². The van der Waals surface area contributed by atoms with E-state index in [0.717, 1.165) is 12.8 Å². The van der Waals surface area contributed by atoms with Crippen molar-refractivity contribution in [3.8, 4) is 0 Å². The molecule has 0 aromatic carbocycles. The van der Waals surface area contributed by atoms with E-state index in [1.165, 1.54) is 70.6 Å². The average molecular weight is 422 g/mol. The topological polar surface area (TPSA) is 37.3 Å². The first-order valence-electron chi connectivity index (χ1n) is 8.05. The maximum Gasteiger partial charge on any atom is 1.00 e. The van der Waals surface area contributed by atoms with Crippen molar-refractivity contribution in [3.05, 3.63) is 0 Å². The molecular formula is C16H32IKO2. The molecule has 1 atom stereocenters. The van der Waals surface area contributed by atoms with Gasteiger partial charge in [0, 0.05) is 0 Å². The van der Waals surface area contributed by atoms with Crippen molar-refractivity contribution in [2.24, 2.45) is 0 Å². The summed E-state index contributed by atoms with van der Waals surface area (Å²) in [6.07, 6.45) is 16.8. The fraction of sp³-hybridized carbons (Fsp3) is 0.938. The Hall–Kier alpha value is 1.84. The normalized spacial score (nSPS) is 11.9. The third kappa shape index (κ3) is 17.9. The van der Waals surface area contributed by atoms with E-state index in [2.05, 4.69) is 6.92 Å². The smallest absolute Gasteiger partial charge is 1.00 e. The number of halogens is 1. The number of aliphatic carboxylic acids is 1. The summed E-state index contributed by atoms with van der Waals surface area (Å²) in [5, 5.41) is 8.75. The van der Waals surface area contributed by atoms with Gasteiger partial charge in [0.05, 0.1) is 0 Å². The number of alkyl halides is 1. The van der Waals surface area contributed by atoms with Gasteiger partial charge in [-0.2, -0.15) is 0 Å². The van der Waals surface area contributed by atoms with E-state index in [1.54, 1.807) is 0 Å². The molecule has 1 N–H and O–H groups in total. The van der Waals surface area contributed by atoms with Gasteiger partial charge in [-0.15, -0.1) is 0 Å². The molecule has 4 heteroatoms. The number of carbonyl (C=O) groups is 1. The molecule has 0 aliphatic heterocycles. The molecule has 0 aromatic rings. The molecule has 0 aromatic heterocycles. The van der Waals surface area contributed by atoms with Gasteiger partial charge >= 0.3 is 57.4 Å². The van der Waals surface area contributed by atoms with Crippen molar-refractivity contribution in [1.29, 1.82) is 0 Å². The van der Waals surface area contributed by atoms with E-state index in [9.17, 15) is 4.79 Å². The van der Waals surface area contributed by atoms with Crippen LogP contribution < -0.4 is 51.4 Å². The van der Waals surface area contributed by atoms with Crippen LogP contribution >= 0.6 is 22.6 Å². The van der Waals surface area contributed by atoms with E-state index in [1.807, 2.05) is 22.6 Å². The van der Waals surface area contributed by atoms with Crippen LogP contribution in [0.25, 0.3) is 0 Å². The maximum absolute atomic E-state index is 10.6. The minimum Gasteiger partial charge on any atom is -1.00 e. The summed E-state index contributed by atoms with van der Waals surface area (Å²) in [5.41, 5.74) is 0. The molecule has 0 heterocycles. The van der Waals surface area contributed by atoms with Gasteiger partial charge in [-0.3, -0.25) is 4.79 Å². The summed E-state index contributed by atoms with van der Waals surface area (Å²) in [6, 6.07) is 0. The van der Waals surface area contributed by atoms with Crippen LogP contribution in [0.3, 0.4) is 0 Å². The quantitative estimate of drug-likeness (QED) is 0.202. The number of hydrogen-bond acceptors (Lipinski definition) is 1. The summed E-state index contributed by atoms with van der Waals surface area (Å²) in [5.74, 6) is -0.663. The van der Waals surface area contributed by atoms with Crippen molar-refractivity contribution in [2.75, 3.05) is 0 Å². The number of unbranched alkanes of at least 4 members (excludes halogenated alkanes) is 11. The van der Waals surface area contributed by atoms with Crippen molar-refractivity contribution < 1.29 is 62.7 Å². The van der Waals surface area contributed by atoms with Crippen molar-refractivity contribution in [3.63, 3.8) is 0 Å². The summed E-state index contributed by atoms with van der Waals surface area (Å²) in [6.45, 7) is 2.26. The second-order valence-corrected chi connectivity index (χ2v) is 6.99. The molecule has 0 aliphatic carbocycles. The standard InChI is InChI=1S/C16H31IO2.K.H/c1-2-3-4-5-6-7-8-9-10-11-12-13-14-15(17)16(18)19;;/h15H,2-14H2,1H3,(H,18,19);;/q;+1;-1. The van der Waals surface area contributed by atoms with Gasteiger partial charge in [0.1, 0.15) is 3.92 Å². The van der Waals surface area contributed by atoms with Gasteiger partial charge in [-0.1, -0.05) is 107 Å². The van der Waals surface area contributed by atoms with Crippen LogP contribution in [0.5, 0.6) is 0 Å². The van der Waals surface area contributed by atoms with Crippen LogP contribution in [-0.4, -0.2) is 15.0 Å². The Morgan fingerprint density at radius 1 is 0.900 bits per heavy atom. The number of carboxylic acids is 1. The fourth-order valence-electron chi connectivity index (χ4n) is 2.29. The molecule has 0 fully saturated rings. The molecule has 0 saturated heterocycles. The van der Waals surface area contributed by atoms with Gasteiger partial charge < -0.3 is 6.53 Å².